The Morgan fingerprint density at radius 1 is 0.957 bits per heavy atom. The van der Waals surface area contributed by atoms with Crippen molar-refractivity contribution in [3.63, 3.8) is 0 Å². The molecule has 0 aromatic carbocycles. The van der Waals surface area contributed by atoms with Gasteiger partial charge < -0.3 is 9.55 Å². The van der Waals surface area contributed by atoms with Gasteiger partial charge in [0.2, 0.25) is 0 Å². The third kappa shape index (κ3) is 10.7. The van der Waals surface area contributed by atoms with E-state index >= 15 is 0 Å². The molecule has 0 saturated heterocycles. The highest BCUT2D eigenvalue weighted by molar-refractivity contribution is 4.91. The SMILES string of the molecule is CC.CC(C)CCc1ncc[nH]1.CC(C)CCc1nccn1C. The quantitative estimate of drug-likeness (QED) is 0.811. The lowest BCUT2D eigenvalue weighted by Crippen LogP contribution is -1.99. The Bertz CT molecular complexity index is 469. The maximum Gasteiger partial charge on any atom is 0.108 e. The molecule has 0 aliphatic carbocycles. The zero-order chi connectivity index (χ0) is 17.7. The Hall–Kier alpha value is -1.58. The van der Waals surface area contributed by atoms with Crippen molar-refractivity contribution in [3.8, 4) is 0 Å². The highest BCUT2D eigenvalue weighted by atomic mass is 15.0. The first kappa shape index (κ1) is 21.4. The first-order valence-corrected chi connectivity index (χ1v) is 8.93. The first-order valence-electron chi connectivity index (χ1n) is 8.93. The number of nitrogens with zero attached hydrogens (tertiary/aromatic N) is 3. The van der Waals surface area contributed by atoms with Gasteiger partial charge >= 0.3 is 0 Å². The summed E-state index contributed by atoms with van der Waals surface area (Å²) in [5.41, 5.74) is 0. The molecule has 0 spiro atoms. The van der Waals surface area contributed by atoms with Crippen LogP contribution in [0.2, 0.25) is 0 Å². The van der Waals surface area contributed by atoms with Gasteiger partial charge in [-0.3, -0.25) is 0 Å². The lowest BCUT2D eigenvalue weighted by atomic mass is 10.1. The molecule has 0 unspecified atom stereocenters. The molecule has 2 aromatic heterocycles. The fourth-order valence-electron chi connectivity index (χ4n) is 1.92. The van der Waals surface area contributed by atoms with E-state index in [1.807, 2.05) is 39.5 Å². The molecule has 4 heteroatoms. The Morgan fingerprint density at radius 2 is 1.57 bits per heavy atom. The van der Waals surface area contributed by atoms with Gasteiger partial charge in [-0.2, -0.15) is 0 Å². The van der Waals surface area contributed by atoms with E-state index < -0.39 is 0 Å². The predicted molar refractivity (Wildman–Crippen MR) is 99.5 cm³/mol. The average Bonchev–Trinajstić information content (AvgIpc) is 3.17. The van der Waals surface area contributed by atoms with Crippen LogP contribution in [-0.2, 0) is 19.9 Å². The summed E-state index contributed by atoms with van der Waals surface area (Å²) in [6.07, 6.45) is 12.1. The second-order valence-corrected chi connectivity index (χ2v) is 6.36. The summed E-state index contributed by atoms with van der Waals surface area (Å²) in [5, 5.41) is 0. The molecule has 0 aliphatic heterocycles. The molecule has 0 bridgehead atoms. The van der Waals surface area contributed by atoms with Crippen molar-refractivity contribution >= 4 is 0 Å². The van der Waals surface area contributed by atoms with E-state index in [4.69, 9.17) is 0 Å². The molecule has 23 heavy (non-hydrogen) atoms. The van der Waals surface area contributed by atoms with Crippen molar-refractivity contribution in [3.05, 3.63) is 36.4 Å². The highest BCUT2D eigenvalue weighted by Gasteiger charge is 2.00. The molecule has 0 atom stereocenters. The van der Waals surface area contributed by atoms with Crippen LogP contribution in [0.3, 0.4) is 0 Å². The van der Waals surface area contributed by atoms with Crippen molar-refractivity contribution < 1.29 is 0 Å². The van der Waals surface area contributed by atoms with Crippen molar-refractivity contribution in [1.82, 2.24) is 19.5 Å². The minimum absolute atomic E-state index is 0.769. The molecule has 2 heterocycles. The Kier molecular flexibility index (Phi) is 12.0. The van der Waals surface area contributed by atoms with E-state index in [1.165, 1.54) is 18.7 Å². The van der Waals surface area contributed by atoms with Crippen molar-refractivity contribution in [2.75, 3.05) is 0 Å². The fourth-order valence-corrected chi connectivity index (χ4v) is 1.92. The zero-order valence-electron chi connectivity index (χ0n) is 16.1. The standard InChI is InChI=1S/C9H16N2.C8H14N2.C2H6/c1-8(2)4-5-9-10-6-7-11(9)3;1-7(2)3-4-8-9-5-6-10-8;1-2/h6-8H,4-5H2,1-3H3;5-7H,3-4H2,1-2H3,(H,9,10);1-2H3. The second kappa shape index (κ2) is 12.9. The largest absolute Gasteiger partial charge is 0.349 e. The summed E-state index contributed by atoms with van der Waals surface area (Å²) >= 11 is 0. The molecule has 1 N–H and O–H groups in total. The van der Waals surface area contributed by atoms with Crippen LogP contribution in [0.25, 0.3) is 0 Å². The van der Waals surface area contributed by atoms with Gasteiger partial charge in [-0.25, -0.2) is 9.97 Å². The molecule has 0 amide bonds. The van der Waals surface area contributed by atoms with E-state index in [0.29, 0.717) is 0 Å². The predicted octanol–water partition coefficient (Wildman–Crippen LogP) is 5.03. The van der Waals surface area contributed by atoms with Crippen molar-refractivity contribution in [2.24, 2.45) is 18.9 Å². The monoisotopic (exact) mass is 320 g/mol. The number of aryl methyl sites for hydroxylation is 3. The third-order valence-corrected chi connectivity index (χ3v) is 3.38. The minimum atomic E-state index is 0.769. The number of nitrogens with one attached hydrogen (secondary N) is 1. The summed E-state index contributed by atoms with van der Waals surface area (Å²) in [6.45, 7) is 12.9. The van der Waals surface area contributed by atoms with Crippen LogP contribution < -0.4 is 0 Å². The highest BCUT2D eigenvalue weighted by Crippen LogP contribution is 2.06. The van der Waals surface area contributed by atoms with E-state index in [0.717, 1.165) is 30.5 Å². The Morgan fingerprint density at radius 3 is 2.00 bits per heavy atom. The lowest BCUT2D eigenvalue weighted by Gasteiger charge is -2.03. The van der Waals surface area contributed by atoms with Crippen LogP contribution in [0.1, 0.15) is 66.0 Å². The number of hydrogen-bond acceptors (Lipinski definition) is 2. The van der Waals surface area contributed by atoms with Gasteiger partial charge in [0, 0.05) is 44.7 Å². The number of rotatable bonds is 6. The molecule has 0 aliphatic rings. The molecule has 0 radical (unpaired) electrons. The molecule has 2 aromatic rings. The van der Waals surface area contributed by atoms with Crippen LogP contribution >= 0.6 is 0 Å². The maximum absolute atomic E-state index is 4.25. The van der Waals surface area contributed by atoms with Gasteiger partial charge in [-0.1, -0.05) is 41.5 Å². The lowest BCUT2D eigenvalue weighted by molar-refractivity contribution is 0.566. The van der Waals surface area contributed by atoms with E-state index in [9.17, 15) is 0 Å². The Balaban J connectivity index is 0.000000381. The molecule has 132 valence electrons. The molecular weight excluding hydrogens is 284 g/mol. The molecule has 0 fully saturated rings. The van der Waals surface area contributed by atoms with Gasteiger partial charge in [0.05, 0.1) is 0 Å². The van der Waals surface area contributed by atoms with Crippen LogP contribution in [0.15, 0.2) is 24.8 Å². The normalized spacial score (nSPS) is 10.1. The van der Waals surface area contributed by atoms with Gasteiger partial charge in [0.25, 0.3) is 0 Å². The first-order chi connectivity index (χ1) is 11.0. The van der Waals surface area contributed by atoms with Crippen molar-refractivity contribution in [1.29, 1.82) is 0 Å². The van der Waals surface area contributed by atoms with Gasteiger partial charge in [-0.05, 0) is 24.7 Å². The van der Waals surface area contributed by atoms with E-state index in [-0.39, 0.29) is 0 Å². The molecule has 4 nitrogen and oxygen atoms in total. The summed E-state index contributed by atoms with van der Waals surface area (Å²) < 4.78 is 2.09. The maximum atomic E-state index is 4.25. The average molecular weight is 321 g/mol. The number of aromatic amines is 1. The zero-order valence-corrected chi connectivity index (χ0v) is 16.1. The molecular formula is C19H36N4. The topological polar surface area (TPSA) is 46.5 Å². The fraction of sp³-hybridized carbons (Fsp3) is 0.684. The summed E-state index contributed by atoms with van der Waals surface area (Å²) in [6, 6.07) is 0. The summed E-state index contributed by atoms with van der Waals surface area (Å²) in [5.74, 6) is 3.84. The Labute approximate surface area is 142 Å². The van der Waals surface area contributed by atoms with Gasteiger partial charge in [0.15, 0.2) is 0 Å². The summed E-state index contributed by atoms with van der Waals surface area (Å²) in [4.78, 5) is 11.5. The second-order valence-electron chi connectivity index (χ2n) is 6.36. The molecule has 0 saturated carbocycles. The van der Waals surface area contributed by atoms with Crippen LogP contribution in [0.5, 0.6) is 0 Å². The smallest absolute Gasteiger partial charge is 0.108 e. The number of aromatic nitrogens is 4. The van der Waals surface area contributed by atoms with Crippen LogP contribution in [0, 0.1) is 11.8 Å². The molecule has 2 rings (SSSR count). The van der Waals surface area contributed by atoms with E-state index in [1.54, 1.807) is 6.20 Å². The third-order valence-electron chi connectivity index (χ3n) is 3.38. The van der Waals surface area contributed by atoms with Gasteiger partial charge in [-0.15, -0.1) is 0 Å². The number of hydrogen-bond donors (Lipinski definition) is 1. The number of H-pyrrole nitrogens is 1. The number of imidazole rings is 2. The van der Waals surface area contributed by atoms with Gasteiger partial charge in [0.1, 0.15) is 11.6 Å². The van der Waals surface area contributed by atoms with Crippen molar-refractivity contribution in [2.45, 2.75) is 67.2 Å². The van der Waals surface area contributed by atoms with Crippen LogP contribution in [0.4, 0.5) is 0 Å². The summed E-state index contributed by atoms with van der Waals surface area (Å²) in [7, 11) is 2.04. The van der Waals surface area contributed by atoms with Crippen LogP contribution in [-0.4, -0.2) is 19.5 Å². The van der Waals surface area contributed by atoms with E-state index in [2.05, 4.69) is 47.2 Å². The minimum Gasteiger partial charge on any atom is -0.349 e.